The van der Waals surface area contributed by atoms with Crippen LogP contribution in [0.1, 0.15) is 45.8 Å². The largest absolute Gasteiger partial charge is 0.326 e. The van der Waals surface area contributed by atoms with E-state index in [0.717, 1.165) is 11.1 Å². The number of carbonyl (C=O) groups excluding carboxylic acids is 2. The predicted octanol–water partition coefficient (Wildman–Crippen LogP) is 4.11. The lowest BCUT2D eigenvalue weighted by Gasteiger charge is -2.10. The zero-order valence-corrected chi connectivity index (χ0v) is 19.8. The first kappa shape index (κ1) is 24.1. The van der Waals surface area contributed by atoms with Crippen LogP contribution in [0.15, 0.2) is 53.4 Å². The number of hydrogen-bond donors (Lipinski definition) is 2. The van der Waals surface area contributed by atoms with E-state index in [2.05, 4.69) is 20.0 Å². The van der Waals surface area contributed by atoms with Crippen LogP contribution in [0.4, 0.5) is 11.5 Å². The molecular weight excluding hydrogens is 440 g/mol. The van der Waals surface area contributed by atoms with Crippen LogP contribution in [-0.2, 0) is 14.8 Å². The number of anilines is 2. The van der Waals surface area contributed by atoms with E-state index in [0.29, 0.717) is 22.8 Å². The fourth-order valence-corrected chi connectivity index (χ4v) is 4.30. The number of ketones is 1. The van der Waals surface area contributed by atoms with Crippen molar-refractivity contribution >= 4 is 33.2 Å². The molecule has 1 amide bonds. The van der Waals surface area contributed by atoms with Gasteiger partial charge in [-0.3, -0.25) is 14.3 Å². The number of Topliss-reactive ketones (excluding diaryl/α,β-unsaturated/α-hetero) is 1. The molecule has 1 heterocycles. The van der Waals surface area contributed by atoms with Crippen LogP contribution in [0, 0.1) is 27.7 Å². The summed E-state index contributed by atoms with van der Waals surface area (Å²) in [6.07, 6.45) is 0.116. The van der Waals surface area contributed by atoms with Gasteiger partial charge in [-0.15, -0.1) is 0 Å². The smallest absolute Gasteiger partial charge is 0.263 e. The maximum absolute atomic E-state index is 12.6. The molecule has 0 fully saturated rings. The highest BCUT2D eigenvalue weighted by Gasteiger charge is 2.16. The highest BCUT2D eigenvalue weighted by atomic mass is 32.2. The molecule has 1 aromatic heterocycles. The van der Waals surface area contributed by atoms with Gasteiger partial charge < -0.3 is 5.32 Å². The number of nitrogens with one attached hydrogen (secondary N) is 2. The molecule has 3 aromatic rings. The molecule has 0 radical (unpaired) electrons. The molecule has 0 saturated carbocycles. The maximum atomic E-state index is 12.6. The van der Waals surface area contributed by atoms with E-state index >= 15 is 0 Å². The second-order valence-corrected chi connectivity index (χ2v) is 9.54. The number of aromatic nitrogens is 2. The van der Waals surface area contributed by atoms with Crippen molar-refractivity contribution in [3.05, 3.63) is 76.7 Å². The Morgan fingerprint density at radius 2 is 1.58 bits per heavy atom. The van der Waals surface area contributed by atoms with Crippen LogP contribution < -0.4 is 10.0 Å². The Morgan fingerprint density at radius 1 is 0.879 bits per heavy atom. The molecule has 8 nitrogen and oxygen atoms in total. The van der Waals surface area contributed by atoms with E-state index in [1.165, 1.54) is 24.3 Å². The van der Waals surface area contributed by atoms with Gasteiger partial charge in [0.25, 0.3) is 10.0 Å². The highest BCUT2D eigenvalue weighted by molar-refractivity contribution is 7.92. The molecular formula is C24H26N4O4S. The normalized spacial score (nSPS) is 11.2. The van der Waals surface area contributed by atoms with Crippen LogP contribution in [0.2, 0.25) is 0 Å². The third kappa shape index (κ3) is 6.45. The lowest BCUT2D eigenvalue weighted by atomic mass is 9.99. The van der Waals surface area contributed by atoms with Crippen molar-refractivity contribution < 1.29 is 18.0 Å². The van der Waals surface area contributed by atoms with Gasteiger partial charge in [0, 0.05) is 35.9 Å². The summed E-state index contributed by atoms with van der Waals surface area (Å²) >= 11 is 0. The Bertz CT molecular complexity index is 1280. The number of rotatable bonds is 8. The Morgan fingerprint density at radius 3 is 2.24 bits per heavy atom. The number of sulfonamides is 1. The van der Waals surface area contributed by atoms with E-state index in [1.54, 1.807) is 19.9 Å². The Hall–Kier alpha value is -3.59. The second-order valence-electron chi connectivity index (χ2n) is 7.86. The van der Waals surface area contributed by atoms with Gasteiger partial charge in [-0.2, -0.15) is 0 Å². The molecule has 3 rings (SSSR count). The van der Waals surface area contributed by atoms with Gasteiger partial charge in [-0.25, -0.2) is 18.4 Å². The zero-order chi connectivity index (χ0) is 24.2. The van der Waals surface area contributed by atoms with Gasteiger partial charge in [0.2, 0.25) is 5.91 Å². The number of nitrogens with zero attached hydrogens (tertiary/aromatic N) is 2. The molecule has 9 heteroatoms. The summed E-state index contributed by atoms with van der Waals surface area (Å²) in [5, 5.41) is 2.69. The molecule has 0 bridgehead atoms. The van der Waals surface area contributed by atoms with Gasteiger partial charge in [0.1, 0.15) is 11.6 Å². The van der Waals surface area contributed by atoms with Crippen molar-refractivity contribution in [2.24, 2.45) is 0 Å². The van der Waals surface area contributed by atoms with E-state index < -0.39 is 10.0 Å². The summed E-state index contributed by atoms with van der Waals surface area (Å²) < 4.78 is 27.7. The van der Waals surface area contributed by atoms with Crippen molar-refractivity contribution in [3.8, 4) is 0 Å². The third-order valence-electron chi connectivity index (χ3n) is 4.93. The SMILES string of the molecule is Cc1ccc(C)c(C(=O)CCC(=O)Nc2ccc(S(=O)(=O)Nc3cc(C)nc(C)n3)cc2)c1. The van der Waals surface area contributed by atoms with Gasteiger partial charge in [0.15, 0.2) is 5.78 Å². The summed E-state index contributed by atoms with van der Waals surface area (Å²) in [6.45, 7) is 7.21. The lowest BCUT2D eigenvalue weighted by molar-refractivity contribution is -0.116. The predicted molar refractivity (Wildman–Crippen MR) is 127 cm³/mol. The topological polar surface area (TPSA) is 118 Å². The molecule has 0 aliphatic rings. The van der Waals surface area contributed by atoms with Crippen molar-refractivity contribution in [1.82, 2.24) is 9.97 Å². The van der Waals surface area contributed by atoms with E-state index in [-0.39, 0.29) is 35.2 Å². The number of carbonyl (C=O) groups is 2. The highest BCUT2D eigenvalue weighted by Crippen LogP contribution is 2.19. The molecule has 172 valence electrons. The molecule has 0 saturated heterocycles. The van der Waals surface area contributed by atoms with E-state index in [1.807, 2.05) is 32.0 Å². The Labute approximate surface area is 193 Å². The molecule has 0 aliphatic carbocycles. The standard InChI is InChI=1S/C24H26N4O4S/c1-15-5-6-16(2)21(13-15)22(29)11-12-24(30)27-19-7-9-20(10-8-19)33(31,32)28-23-14-17(3)25-18(4)26-23/h5-10,13-14H,11-12H2,1-4H3,(H,27,30)(H,25,26,28). The summed E-state index contributed by atoms with van der Waals surface area (Å²) in [6, 6.07) is 13.0. The Balaban J connectivity index is 1.60. The van der Waals surface area contributed by atoms with Crippen molar-refractivity contribution in [1.29, 1.82) is 0 Å². The maximum Gasteiger partial charge on any atom is 0.263 e. The summed E-state index contributed by atoms with van der Waals surface area (Å²) in [7, 11) is -3.85. The van der Waals surface area contributed by atoms with Gasteiger partial charge >= 0.3 is 0 Å². The summed E-state index contributed by atoms with van der Waals surface area (Å²) in [4.78, 5) is 33.0. The molecule has 0 atom stereocenters. The molecule has 0 aliphatic heterocycles. The summed E-state index contributed by atoms with van der Waals surface area (Å²) in [5.41, 5.74) is 3.58. The molecule has 2 aromatic carbocycles. The van der Waals surface area contributed by atoms with Gasteiger partial charge in [-0.05, 0) is 63.6 Å². The molecule has 0 spiro atoms. The molecule has 33 heavy (non-hydrogen) atoms. The van der Waals surface area contributed by atoms with E-state index in [9.17, 15) is 18.0 Å². The lowest BCUT2D eigenvalue weighted by Crippen LogP contribution is -2.16. The van der Waals surface area contributed by atoms with Gasteiger partial charge in [0.05, 0.1) is 4.90 Å². The second kappa shape index (κ2) is 9.91. The molecule has 2 N–H and O–H groups in total. The first-order valence-corrected chi connectivity index (χ1v) is 11.9. The van der Waals surface area contributed by atoms with Crippen LogP contribution >= 0.6 is 0 Å². The zero-order valence-electron chi connectivity index (χ0n) is 19.0. The fourth-order valence-electron chi connectivity index (χ4n) is 3.30. The average molecular weight is 467 g/mol. The van der Waals surface area contributed by atoms with Crippen molar-refractivity contribution in [2.75, 3.05) is 10.0 Å². The minimum absolute atomic E-state index is 0.0273. The van der Waals surface area contributed by atoms with Crippen LogP contribution in [0.3, 0.4) is 0 Å². The number of benzene rings is 2. The van der Waals surface area contributed by atoms with E-state index in [4.69, 9.17) is 0 Å². The number of aryl methyl sites for hydroxylation is 4. The average Bonchev–Trinajstić information content (AvgIpc) is 2.73. The summed E-state index contributed by atoms with van der Waals surface area (Å²) in [5.74, 6) is 0.232. The third-order valence-corrected chi connectivity index (χ3v) is 6.30. The van der Waals surface area contributed by atoms with Crippen LogP contribution in [0.5, 0.6) is 0 Å². The minimum Gasteiger partial charge on any atom is -0.326 e. The van der Waals surface area contributed by atoms with Crippen molar-refractivity contribution in [3.63, 3.8) is 0 Å². The quantitative estimate of drug-likeness (QED) is 0.482. The van der Waals surface area contributed by atoms with Crippen molar-refractivity contribution in [2.45, 2.75) is 45.4 Å². The monoisotopic (exact) mass is 466 g/mol. The number of amides is 1. The fraction of sp³-hybridized carbons (Fsp3) is 0.250. The minimum atomic E-state index is -3.85. The van der Waals surface area contributed by atoms with Crippen LogP contribution in [-0.4, -0.2) is 30.1 Å². The Kier molecular flexibility index (Phi) is 7.23. The first-order chi connectivity index (χ1) is 15.5. The first-order valence-electron chi connectivity index (χ1n) is 10.4. The van der Waals surface area contributed by atoms with Crippen LogP contribution in [0.25, 0.3) is 0 Å². The number of hydrogen-bond acceptors (Lipinski definition) is 6. The molecule has 0 unspecified atom stereocenters. The van der Waals surface area contributed by atoms with Gasteiger partial charge in [-0.1, -0.05) is 17.7 Å².